The van der Waals surface area contributed by atoms with Crippen LogP contribution in [0.3, 0.4) is 0 Å². The van der Waals surface area contributed by atoms with E-state index in [1.54, 1.807) is 12.4 Å². The highest BCUT2D eigenvalue weighted by Gasteiger charge is 2.13. The zero-order chi connectivity index (χ0) is 12.1. The van der Waals surface area contributed by atoms with Gasteiger partial charge in [0.1, 0.15) is 0 Å². The minimum Gasteiger partial charge on any atom is -0.376 e. The number of carbonyl (C=O) groups excluding carboxylic acids is 1. The van der Waals surface area contributed by atoms with Crippen LogP contribution in [0.1, 0.15) is 13.3 Å². The Hall–Kier alpha value is -1.62. The van der Waals surface area contributed by atoms with Gasteiger partial charge in [0.15, 0.2) is 0 Å². The van der Waals surface area contributed by atoms with Gasteiger partial charge in [-0.05, 0) is 12.5 Å². The van der Waals surface area contributed by atoms with Crippen molar-refractivity contribution in [1.82, 2.24) is 4.98 Å². The maximum Gasteiger partial charge on any atom is 0.241 e. The van der Waals surface area contributed by atoms with Gasteiger partial charge in [-0.15, -0.1) is 0 Å². The lowest BCUT2D eigenvalue weighted by Gasteiger charge is -2.18. The maximum atomic E-state index is 11.6. The van der Waals surface area contributed by atoms with Crippen molar-refractivity contribution in [2.45, 2.75) is 19.4 Å². The highest BCUT2D eigenvalue weighted by Crippen LogP contribution is 2.22. The molecule has 16 heavy (non-hydrogen) atoms. The Labute approximate surface area is 95.7 Å². The highest BCUT2D eigenvalue weighted by molar-refractivity contribution is 5.97. The van der Waals surface area contributed by atoms with Gasteiger partial charge < -0.3 is 16.0 Å². The lowest BCUT2D eigenvalue weighted by Crippen LogP contribution is -2.35. The Bertz CT molecular complexity index is 365. The van der Waals surface area contributed by atoms with Gasteiger partial charge in [-0.1, -0.05) is 6.92 Å². The SMILES string of the molecule is CC[C@@H](N)C(=O)Nc1cnccc1N(C)C. The molecule has 88 valence electrons. The predicted octanol–water partition coefficient (Wildman–Crippen LogP) is 0.823. The molecule has 0 spiro atoms. The van der Waals surface area contributed by atoms with Crippen molar-refractivity contribution < 1.29 is 4.79 Å². The number of aromatic nitrogens is 1. The fraction of sp³-hybridized carbons (Fsp3) is 0.455. The first kappa shape index (κ1) is 12.4. The smallest absolute Gasteiger partial charge is 0.241 e. The van der Waals surface area contributed by atoms with E-state index in [0.29, 0.717) is 12.1 Å². The van der Waals surface area contributed by atoms with E-state index in [9.17, 15) is 4.79 Å². The number of nitrogens with zero attached hydrogens (tertiary/aromatic N) is 2. The van der Waals surface area contributed by atoms with E-state index in [2.05, 4.69) is 10.3 Å². The van der Waals surface area contributed by atoms with Gasteiger partial charge in [0.05, 0.1) is 23.6 Å². The molecule has 0 bridgehead atoms. The van der Waals surface area contributed by atoms with Gasteiger partial charge in [-0.2, -0.15) is 0 Å². The number of rotatable bonds is 4. The Balaban J connectivity index is 2.84. The molecule has 0 radical (unpaired) electrons. The monoisotopic (exact) mass is 222 g/mol. The molecule has 1 atom stereocenters. The highest BCUT2D eigenvalue weighted by atomic mass is 16.2. The predicted molar refractivity (Wildman–Crippen MR) is 65.5 cm³/mol. The molecule has 1 aromatic rings. The first-order valence-corrected chi connectivity index (χ1v) is 5.24. The summed E-state index contributed by atoms with van der Waals surface area (Å²) in [6.07, 6.45) is 3.92. The van der Waals surface area contributed by atoms with Crippen molar-refractivity contribution in [3.63, 3.8) is 0 Å². The summed E-state index contributed by atoms with van der Waals surface area (Å²) in [6.45, 7) is 1.88. The average molecular weight is 222 g/mol. The van der Waals surface area contributed by atoms with Crippen LogP contribution in [0, 0.1) is 0 Å². The van der Waals surface area contributed by atoms with Gasteiger partial charge in [0.2, 0.25) is 5.91 Å². The Morgan fingerprint density at radius 3 is 2.88 bits per heavy atom. The Morgan fingerprint density at radius 1 is 1.62 bits per heavy atom. The van der Waals surface area contributed by atoms with E-state index in [1.165, 1.54) is 0 Å². The average Bonchev–Trinajstić information content (AvgIpc) is 2.28. The number of nitrogens with one attached hydrogen (secondary N) is 1. The first-order valence-electron chi connectivity index (χ1n) is 5.24. The van der Waals surface area contributed by atoms with Crippen LogP contribution in [0.15, 0.2) is 18.5 Å². The van der Waals surface area contributed by atoms with Crippen molar-refractivity contribution in [2.75, 3.05) is 24.3 Å². The van der Waals surface area contributed by atoms with E-state index in [1.807, 2.05) is 32.0 Å². The van der Waals surface area contributed by atoms with Crippen LogP contribution < -0.4 is 16.0 Å². The number of hydrogen-bond donors (Lipinski definition) is 2. The minimum absolute atomic E-state index is 0.182. The molecular weight excluding hydrogens is 204 g/mol. The quantitative estimate of drug-likeness (QED) is 0.791. The molecule has 0 unspecified atom stereocenters. The molecule has 0 aliphatic heterocycles. The number of hydrogen-bond acceptors (Lipinski definition) is 4. The third kappa shape index (κ3) is 2.93. The fourth-order valence-electron chi connectivity index (χ4n) is 1.28. The third-order valence-electron chi connectivity index (χ3n) is 2.31. The van der Waals surface area contributed by atoms with E-state index in [4.69, 9.17) is 5.73 Å². The topological polar surface area (TPSA) is 71.2 Å². The molecule has 1 amide bonds. The molecule has 0 saturated heterocycles. The Kier molecular flexibility index (Phi) is 4.25. The zero-order valence-corrected chi connectivity index (χ0v) is 9.90. The summed E-state index contributed by atoms with van der Waals surface area (Å²) in [5, 5.41) is 2.77. The summed E-state index contributed by atoms with van der Waals surface area (Å²) in [4.78, 5) is 17.5. The number of carbonyl (C=O) groups is 1. The molecule has 1 aromatic heterocycles. The summed E-state index contributed by atoms with van der Waals surface area (Å²) < 4.78 is 0. The van der Waals surface area contributed by atoms with Crippen LogP contribution in [0.4, 0.5) is 11.4 Å². The molecule has 5 heteroatoms. The van der Waals surface area contributed by atoms with Gasteiger partial charge >= 0.3 is 0 Å². The molecule has 0 aliphatic rings. The van der Waals surface area contributed by atoms with Crippen LogP contribution in [-0.4, -0.2) is 31.0 Å². The molecule has 0 saturated carbocycles. The van der Waals surface area contributed by atoms with E-state index >= 15 is 0 Å². The number of amides is 1. The van der Waals surface area contributed by atoms with Crippen molar-refractivity contribution >= 4 is 17.3 Å². The molecular formula is C11H18N4O. The van der Waals surface area contributed by atoms with Gasteiger partial charge in [0.25, 0.3) is 0 Å². The second-order valence-electron chi connectivity index (χ2n) is 3.79. The largest absolute Gasteiger partial charge is 0.376 e. The summed E-state index contributed by atoms with van der Waals surface area (Å²) in [5.41, 5.74) is 7.24. The van der Waals surface area contributed by atoms with Gasteiger partial charge in [-0.3, -0.25) is 9.78 Å². The van der Waals surface area contributed by atoms with Crippen LogP contribution in [0.2, 0.25) is 0 Å². The second-order valence-corrected chi connectivity index (χ2v) is 3.79. The van der Waals surface area contributed by atoms with E-state index in [0.717, 1.165) is 5.69 Å². The van der Waals surface area contributed by atoms with Crippen molar-refractivity contribution in [1.29, 1.82) is 0 Å². The summed E-state index contributed by atoms with van der Waals surface area (Å²) in [6, 6.07) is 1.36. The van der Waals surface area contributed by atoms with Crippen LogP contribution in [0.5, 0.6) is 0 Å². The molecule has 5 nitrogen and oxygen atoms in total. The summed E-state index contributed by atoms with van der Waals surface area (Å²) in [7, 11) is 3.81. The lowest BCUT2D eigenvalue weighted by molar-refractivity contribution is -0.117. The van der Waals surface area contributed by atoms with Crippen LogP contribution in [0.25, 0.3) is 0 Å². The first-order chi connectivity index (χ1) is 7.56. The third-order valence-corrected chi connectivity index (χ3v) is 2.31. The van der Waals surface area contributed by atoms with Crippen molar-refractivity contribution in [3.05, 3.63) is 18.5 Å². The molecule has 3 N–H and O–H groups in total. The number of pyridine rings is 1. The summed E-state index contributed by atoms with van der Waals surface area (Å²) >= 11 is 0. The van der Waals surface area contributed by atoms with Crippen LogP contribution in [-0.2, 0) is 4.79 Å². The van der Waals surface area contributed by atoms with E-state index < -0.39 is 6.04 Å². The maximum absolute atomic E-state index is 11.6. The number of nitrogens with two attached hydrogens (primary N) is 1. The van der Waals surface area contributed by atoms with Crippen molar-refractivity contribution in [2.24, 2.45) is 5.73 Å². The van der Waals surface area contributed by atoms with Crippen LogP contribution >= 0.6 is 0 Å². The standard InChI is InChI=1S/C11H18N4O/c1-4-8(12)11(16)14-9-7-13-6-5-10(9)15(2)3/h5-8H,4,12H2,1-3H3,(H,14,16)/t8-/m1/s1. The second kappa shape index (κ2) is 5.46. The molecule has 1 rings (SSSR count). The van der Waals surface area contributed by atoms with Gasteiger partial charge in [-0.25, -0.2) is 0 Å². The summed E-state index contributed by atoms with van der Waals surface area (Å²) in [5.74, 6) is -0.182. The van der Waals surface area contributed by atoms with E-state index in [-0.39, 0.29) is 5.91 Å². The fourth-order valence-corrected chi connectivity index (χ4v) is 1.28. The van der Waals surface area contributed by atoms with Gasteiger partial charge in [0, 0.05) is 20.3 Å². The zero-order valence-electron chi connectivity index (χ0n) is 9.90. The normalized spacial score (nSPS) is 12.0. The van der Waals surface area contributed by atoms with Crippen molar-refractivity contribution in [3.8, 4) is 0 Å². The lowest BCUT2D eigenvalue weighted by atomic mass is 10.2. The molecule has 0 aliphatic carbocycles. The Morgan fingerprint density at radius 2 is 2.31 bits per heavy atom. The molecule has 0 aromatic carbocycles. The molecule has 1 heterocycles. The number of anilines is 2. The molecule has 0 fully saturated rings. The minimum atomic E-state index is -0.477.